The molecule has 10 aromatic carbocycles. The van der Waals surface area contributed by atoms with E-state index in [0.717, 1.165) is 98.7 Å². The molecule has 62 heavy (non-hydrogen) atoms. The summed E-state index contributed by atoms with van der Waals surface area (Å²) >= 11 is 0. The average molecular weight is 813 g/mol. The molecule has 0 aliphatic carbocycles. The van der Waals surface area contributed by atoms with Gasteiger partial charge in [-0.05, 0) is 101 Å². The van der Waals surface area contributed by atoms with Crippen molar-refractivity contribution in [1.29, 1.82) is 0 Å². The number of aliphatic hydroxyl groups excluding tert-OH is 2. The van der Waals surface area contributed by atoms with Crippen molar-refractivity contribution < 1.29 is 29.2 Å². The third kappa shape index (κ3) is 7.51. The highest BCUT2D eigenvalue weighted by Crippen LogP contribution is 2.47. The van der Waals surface area contributed by atoms with Crippen LogP contribution in [0, 0.1) is 0 Å². The molecule has 0 atom stereocenters. The molecule has 0 saturated carbocycles. The van der Waals surface area contributed by atoms with Gasteiger partial charge >= 0.3 is 0 Å². The van der Waals surface area contributed by atoms with E-state index in [1.54, 1.807) is 0 Å². The lowest BCUT2D eigenvalue weighted by atomic mass is 9.92. The van der Waals surface area contributed by atoms with Crippen molar-refractivity contribution >= 4 is 53.9 Å². The Hall–Kier alpha value is -7.38. The summed E-state index contributed by atoms with van der Waals surface area (Å²) in [5, 5.41) is 30.2. The second-order valence-electron chi connectivity index (χ2n) is 15.4. The van der Waals surface area contributed by atoms with Crippen LogP contribution in [0.15, 0.2) is 182 Å². The molecule has 0 saturated heterocycles. The van der Waals surface area contributed by atoms with E-state index in [1.807, 2.05) is 60.7 Å². The summed E-state index contributed by atoms with van der Waals surface area (Å²) in [4.78, 5) is 0. The molecule has 10 aromatic rings. The van der Waals surface area contributed by atoms with Crippen molar-refractivity contribution in [3.8, 4) is 45.3 Å². The minimum atomic E-state index is -0.0811. The highest BCUT2D eigenvalue weighted by molar-refractivity contribution is 6.11. The van der Waals surface area contributed by atoms with Crippen LogP contribution in [0.4, 0.5) is 0 Å². The van der Waals surface area contributed by atoms with Gasteiger partial charge < -0.3 is 29.2 Å². The van der Waals surface area contributed by atoms with Crippen LogP contribution >= 0.6 is 0 Å². The summed E-state index contributed by atoms with van der Waals surface area (Å²) in [5.74, 6) is 2.91. The maximum Gasteiger partial charge on any atom is 0.128 e. The van der Waals surface area contributed by atoms with Crippen LogP contribution in [0.5, 0.6) is 23.0 Å². The highest BCUT2D eigenvalue weighted by Gasteiger charge is 2.21. The fourth-order valence-electron chi connectivity index (χ4n) is 8.68. The van der Waals surface area contributed by atoms with Gasteiger partial charge in [0.2, 0.25) is 0 Å². The first kappa shape index (κ1) is 38.8. The van der Waals surface area contributed by atoms with Gasteiger partial charge in [-0.25, -0.2) is 0 Å². The molecular formula is C56H44O6. The molecule has 10 rings (SSSR count). The van der Waals surface area contributed by atoms with Gasteiger partial charge in [0.25, 0.3) is 0 Å². The maximum atomic E-state index is 9.68. The van der Waals surface area contributed by atoms with Crippen LogP contribution in [-0.4, -0.2) is 36.6 Å². The number of ether oxygens (including phenoxy) is 4. The number of rotatable bonds is 14. The van der Waals surface area contributed by atoms with Gasteiger partial charge in [0.15, 0.2) is 0 Å². The Morgan fingerprint density at radius 1 is 0.290 bits per heavy atom. The van der Waals surface area contributed by atoms with Crippen molar-refractivity contribution in [3.63, 3.8) is 0 Å². The predicted molar refractivity (Wildman–Crippen MR) is 252 cm³/mol. The summed E-state index contributed by atoms with van der Waals surface area (Å²) in [6.45, 7) is 0.953. The Morgan fingerprint density at radius 2 is 0.581 bits per heavy atom. The number of fused-ring (bicyclic) bond motifs is 5. The molecule has 0 aliphatic heterocycles. The van der Waals surface area contributed by atoms with E-state index >= 15 is 0 Å². The van der Waals surface area contributed by atoms with Gasteiger partial charge in [-0.3, -0.25) is 0 Å². The van der Waals surface area contributed by atoms with Gasteiger partial charge in [0, 0.05) is 22.3 Å². The van der Waals surface area contributed by atoms with Gasteiger partial charge in [-0.2, -0.15) is 0 Å². The maximum absolute atomic E-state index is 9.68. The highest BCUT2D eigenvalue weighted by atomic mass is 16.5. The topological polar surface area (TPSA) is 77.4 Å². The molecule has 0 radical (unpaired) electrons. The van der Waals surface area contributed by atoms with E-state index in [4.69, 9.17) is 18.9 Å². The second-order valence-corrected chi connectivity index (χ2v) is 15.4. The van der Waals surface area contributed by atoms with Crippen molar-refractivity contribution in [2.24, 2.45) is 0 Å². The van der Waals surface area contributed by atoms with Crippen LogP contribution in [0.25, 0.3) is 76.1 Å². The molecule has 0 heterocycles. The van der Waals surface area contributed by atoms with Crippen molar-refractivity contribution in [3.05, 3.63) is 193 Å². The Morgan fingerprint density at radius 3 is 0.903 bits per heavy atom. The largest absolute Gasteiger partial charge is 0.491 e. The number of aliphatic hydroxyl groups is 2. The molecule has 304 valence electrons. The molecule has 0 bridgehead atoms. The molecule has 2 N–H and O–H groups in total. The molecule has 0 amide bonds. The van der Waals surface area contributed by atoms with E-state index in [9.17, 15) is 10.2 Å². The van der Waals surface area contributed by atoms with Crippen LogP contribution in [-0.2, 0) is 13.2 Å². The quantitative estimate of drug-likeness (QED) is 0.114. The normalized spacial score (nSPS) is 11.5. The van der Waals surface area contributed by atoms with Crippen LogP contribution in [0.1, 0.15) is 11.1 Å². The lowest BCUT2D eigenvalue weighted by Gasteiger charge is -2.20. The minimum Gasteiger partial charge on any atom is -0.491 e. The number of hydrogen-bond donors (Lipinski definition) is 2. The van der Waals surface area contributed by atoms with Gasteiger partial charge in [-0.1, -0.05) is 146 Å². The first-order valence-electron chi connectivity index (χ1n) is 21.0. The van der Waals surface area contributed by atoms with E-state index in [0.29, 0.717) is 24.7 Å². The fourth-order valence-corrected chi connectivity index (χ4v) is 8.68. The lowest BCUT2D eigenvalue weighted by Crippen LogP contribution is -2.04. The Kier molecular flexibility index (Phi) is 10.8. The van der Waals surface area contributed by atoms with Gasteiger partial charge in [0.1, 0.15) is 49.4 Å². The SMILES string of the molecule is OCCOc1ccc2ccccc2c1-c1c(OCc2ccc3cc(COc4ccc5ccccc5c4-c4c(OCCO)ccc5ccccc45)ccc3c2)ccc2ccccc12. The number of hydrogen-bond acceptors (Lipinski definition) is 6. The molecule has 0 unspecified atom stereocenters. The monoisotopic (exact) mass is 812 g/mol. The van der Waals surface area contributed by atoms with Crippen molar-refractivity contribution in [2.45, 2.75) is 13.2 Å². The summed E-state index contributed by atoms with van der Waals surface area (Å²) in [7, 11) is 0. The molecule has 0 aromatic heterocycles. The summed E-state index contributed by atoms with van der Waals surface area (Å²) in [6, 6.07) is 62.6. The summed E-state index contributed by atoms with van der Waals surface area (Å²) in [6.07, 6.45) is 0. The molecule has 6 nitrogen and oxygen atoms in total. The number of benzene rings is 10. The predicted octanol–water partition coefficient (Wildman–Crippen LogP) is 12.7. The van der Waals surface area contributed by atoms with Crippen LogP contribution in [0.3, 0.4) is 0 Å². The third-order valence-corrected chi connectivity index (χ3v) is 11.5. The molecule has 0 fully saturated rings. The van der Waals surface area contributed by atoms with E-state index in [2.05, 4.69) is 121 Å². The zero-order chi connectivity index (χ0) is 41.8. The Bertz CT molecular complexity index is 3030. The third-order valence-electron chi connectivity index (χ3n) is 11.5. The van der Waals surface area contributed by atoms with E-state index in [-0.39, 0.29) is 26.4 Å². The van der Waals surface area contributed by atoms with Crippen LogP contribution < -0.4 is 18.9 Å². The molecule has 0 aliphatic rings. The van der Waals surface area contributed by atoms with E-state index in [1.165, 1.54) is 0 Å². The molecule has 0 spiro atoms. The molecule has 6 heteroatoms. The summed E-state index contributed by atoms with van der Waals surface area (Å²) < 4.78 is 25.8. The van der Waals surface area contributed by atoms with Crippen molar-refractivity contribution in [2.75, 3.05) is 26.4 Å². The van der Waals surface area contributed by atoms with E-state index < -0.39 is 0 Å². The Labute approximate surface area is 359 Å². The summed E-state index contributed by atoms with van der Waals surface area (Å²) in [5.41, 5.74) is 5.90. The van der Waals surface area contributed by atoms with Crippen molar-refractivity contribution in [1.82, 2.24) is 0 Å². The second kappa shape index (κ2) is 17.3. The first-order chi connectivity index (χ1) is 30.7. The van der Waals surface area contributed by atoms with Gasteiger partial charge in [0.05, 0.1) is 13.2 Å². The smallest absolute Gasteiger partial charge is 0.128 e. The molecular weight excluding hydrogens is 769 g/mol. The first-order valence-corrected chi connectivity index (χ1v) is 21.0. The zero-order valence-corrected chi connectivity index (χ0v) is 34.1. The minimum absolute atomic E-state index is 0.0811. The standard InChI is InChI=1S/C56H44O6/c57-29-31-59-49-25-21-39-9-1-5-13-45(39)53(49)55-47-15-7-3-11-41(47)23-27-51(55)61-35-37-17-19-44-34-38(18-20-43(44)33-37)36-62-52-28-24-42-12-4-8-16-48(42)56(52)54-46-14-6-2-10-40(46)22-26-50(54)60-32-30-58/h1-28,33-34,57-58H,29-32,35-36H2. The Balaban J connectivity index is 0.949. The fraction of sp³-hybridized carbons (Fsp3) is 0.107. The lowest BCUT2D eigenvalue weighted by molar-refractivity contribution is 0.202. The average Bonchev–Trinajstić information content (AvgIpc) is 3.33. The van der Waals surface area contributed by atoms with Gasteiger partial charge in [-0.15, -0.1) is 0 Å². The zero-order valence-electron chi connectivity index (χ0n) is 34.1. The van der Waals surface area contributed by atoms with Crippen LogP contribution in [0.2, 0.25) is 0 Å².